The third-order valence-corrected chi connectivity index (χ3v) is 6.04. The molecule has 1 amide bonds. The Morgan fingerprint density at radius 3 is 2.70 bits per heavy atom. The van der Waals surface area contributed by atoms with Crippen LogP contribution in [0.2, 0.25) is 0 Å². The Bertz CT molecular complexity index is 1140. The molecule has 1 atom stereocenters. The topological polar surface area (TPSA) is 60.1 Å². The summed E-state index contributed by atoms with van der Waals surface area (Å²) in [5, 5.41) is 5.72. The number of hydrogen-bond donors (Lipinski definition) is 0. The molecule has 4 rings (SSSR count). The van der Waals surface area contributed by atoms with Crippen LogP contribution in [0.1, 0.15) is 44.9 Å². The molecule has 0 radical (unpaired) electrons. The lowest BCUT2D eigenvalue weighted by Crippen LogP contribution is -2.41. The summed E-state index contributed by atoms with van der Waals surface area (Å²) in [6.45, 7) is 7.44. The van der Waals surface area contributed by atoms with Crippen molar-refractivity contribution < 1.29 is 4.79 Å². The molecule has 1 unspecified atom stereocenters. The van der Waals surface area contributed by atoms with Gasteiger partial charge in [0, 0.05) is 42.2 Å². The number of carbonyl (C=O) groups is 1. The number of carbonyl (C=O) groups excluding carboxylic acids is 1. The number of rotatable bonds is 4. The van der Waals surface area contributed by atoms with Gasteiger partial charge in [-0.05, 0) is 30.5 Å². The summed E-state index contributed by atoms with van der Waals surface area (Å²) in [4.78, 5) is 27.5. The molecule has 30 heavy (non-hydrogen) atoms. The van der Waals surface area contributed by atoms with E-state index >= 15 is 0 Å². The normalized spacial score (nSPS) is 17.1. The van der Waals surface area contributed by atoms with E-state index in [1.54, 1.807) is 12.1 Å². The molecule has 1 aliphatic heterocycles. The van der Waals surface area contributed by atoms with E-state index in [1.165, 1.54) is 4.68 Å². The predicted octanol–water partition coefficient (Wildman–Crippen LogP) is 3.27. The maximum Gasteiger partial charge on any atom is 0.266 e. The maximum atomic E-state index is 13.2. The molecule has 0 aliphatic carbocycles. The first-order valence-electron chi connectivity index (χ1n) is 10.6. The van der Waals surface area contributed by atoms with Crippen LogP contribution in [-0.2, 0) is 30.2 Å². The molecule has 0 bridgehead atoms. The van der Waals surface area contributed by atoms with Crippen molar-refractivity contribution in [3.8, 4) is 0 Å². The van der Waals surface area contributed by atoms with Crippen molar-refractivity contribution >= 4 is 16.8 Å². The lowest BCUT2D eigenvalue weighted by molar-refractivity contribution is -0.131. The minimum Gasteiger partial charge on any atom is -0.350 e. The second-order valence-corrected chi connectivity index (χ2v) is 9.33. The molecule has 1 fully saturated rings. The van der Waals surface area contributed by atoms with E-state index in [0.29, 0.717) is 13.0 Å². The fourth-order valence-electron chi connectivity index (χ4n) is 4.36. The molecule has 1 aliphatic rings. The SMILES string of the molecule is Cn1cc(CC(=O)N2CCCC2Cn2nc(C(C)(C)C)ccc2=O)c2ccccc21. The molecule has 6 heteroatoms. The van der Waals surface area contributed by atoms with E-state index in [1.807, 2.05) is 30.3 Å². The van der Waals surface area contributed by atoms with Crippen LogP contribution >= 0.6 is 0 Å². The zero-order valence-electron chi connectivity index (χ0n) is 18.3. The minimum absolute atomic E-state index is 0.00731. The smallest absolute Gasteiger partial charge is 0.266 e. The van der Waals surface area contributed by atoms with Gasteiger partial charge in [-0.15, -0.1) is 0 Å². The van der Waals surface area contributed by atoms with Crippen LogP contribution in [0.5, 0.6) is 0 Å². The molecular weight excluding hydrogens is 376 g/mol. The standard InChI is InChI=1S/C24H30N4O2/c1-24(2,3)21-11-12-22(29)28(25-21)16-18-8-7-13-27(18)23(30)14-17-15-26(4)20-10-6-5-9-19(17)20/h5-6,9-12,15,18H,7-8,13-14,16H2,1-4H3. The summed E-state index contributed by atoms with van der Waals surface area (Å²) < 4.78 is 3.61. The van der Waals surface area contributed by atoms with Gasteiger partial charge >= 0.3 is 0 Å². The summed E-state index contributed by atoms with van der Waals surface area (Å²) in [5.74, 6) is 0.119. The summed E-state index contributed by atoms with van der Waals surface area (Å²) >= 11 is 0. The molecule has 0 saturated carbocycles. The number of benzene rings is 1. The zero-order valence-corrected chi connectivity index (χ0v) is 18.3. The van der Waals surface area contributed by atoms with Crippen molar-refractivity contribution in [3.05, 3.63) is 64.2 Å². The Hall–Kier alpha value is -2.89. The molecule has 1 aromatic carbocycles. The molecule has 6 nitrogen and oxygen atoms in total. The summed E-state index contributed by atoms with van der Waals surface area (Å²) in [6.07, 6.45) is 4.28. The van der Waals surface area contributed by atoms with E-state index in [4.69, 9.17) is 0 Å². The zero-order chi connectivity index (χ0) is 21.5. The van der Waals surface area contributed by atoms with Gasteiger partial charge in [-0.2, -0.15) is 5.10 Å². The summed E-state index contributed by atoms with van der Waals surface area (Å²) in [7, 11) is 2.01. The number of aromatic nitrogens is 3. The number of fused-ring (bicyclic) bond motifs is 1. The molecule has 3 aromatic rings. The van der Waals surface area contributed by atoms with Crippen LogP contribution in [0, 0.1) is 0 Å². The quantitative estimate of drug-likeness (QED) is 0.668. The van der Waals surface area contributed by atoms with E-state index in [-0.39, 0.29) is 22.9 Å². The second-order valence-electron chi connectivity index (χ2n) is 9.33. The highest BCUT2D eigenvalue weighted by Crippen LogP contribution is 2.24. The van der Waals surface area contributed by atoms with Gasteiger partial charge < -0.3 is 9.47 Å². The maximum absolute atomic E-state index is 13.2. The average molecular weight is 407 g/mol. The Morgan fingerprint density at radius 2 is 1.93 bits per heavy atom. The van der Waals surface area contributed by atoms with Crippen LogP contribution in [-0.4, -0.2) is 37.7 Å². The molecular formula is C24H30N4O2. The van der Waals surface area contributed by atoms with Gasteiger partial charge in [0.2, 0.25) is 5.91 Å². The van der Waals surface area contributed by atoms with Gasteiger partial charge in [0.15, 0.2) is 0 Å². The van der Waals surface area contributed by atoms with Gasteiger partial charge in [0.25, 0.3) is 5.56 Å². The van der Waals surface area contributed by atoms with Crippen molar-refractivity contribution in [2.45, 2.75) is 58.0 Å². The summed E-state index contributed by atoms with van der Waals surface area (Å²) in [5.41, 5.74) is 2.82. The monoisotopic (exact) mass is 406 g/mol. The summed E-state index contributed by atoms with van der Waals surface area (Å²) in [6, 6.07) is 11.6. The predicted molar refractivity (Wildman–Crippen MR) is 119 cm³/mol. The van der Waals surface area contributed by atoms with Crippen molar-refractivity contribution in [2.24, 2.45) is 7.05 Å². The number of hydrogen-bond acceptors (Lipinski definition) is 3. The average Bonchev–Trinajstić information content (AvgIpc) is 3.28. The fraction of sp³-hybridized carbons (Fsp3) is 0.458. The third kappa shape index (κ3) is 3.91. The number of likely N-dealkylation sites (tertiary alicyclic amines) is 1. The number of amides is 1. The van der Waals surface area contributed by atoms with Gasteiger partial charge in [-0.3, -0.25) is 9.59 Å². The first kappa shape index (κ1) is 20.4. The highest BCUT2D eigenvalue weighted by atomic mass is 16.2. The highest BCUT2D eigenvalue weighted by Gasteiger charge is 2.30. The van der Waals surface area contributed by atoms with Gasteiger partial charge in [0.1, 0.15) is 0 Å². The number of nitrogens with zero attached hydrogens (tertiary/aromatic N) is 4. The largest absolute Gasteiger partial charge is 0.350 e. The lowest BCUT2D eigenvalue weighted by Gasteiger charge is -2.26. The Morgan fingerprint density at radius 1 is 1.17 bits per heavy atom. The van der Waals surface area contributed by atoms with Gasteiger partial charge in [0.05, 0.1) is 24.7 Å². The third-order valence-electron chi connectivity index (χ3n) is 6.04. The Labute approximate surface area is 177 Å². The Kier molecular flexibility index (Phi) is 5.26. The van der Waals surface area contributed by atoms with Crippen molar-refractivity contribution in [1.29, 1.82) is 0 Å². The second kappa shape index (κ2) is 7.74. The van der Waals surface area contributed by atoms with Crippen LogP contribution in [0.25, 0.3) is 10.9 Å². The molecule has 158 valence electrons. The van der Waals surface area contributed by atoms with Crippen LogP contribution < -0.4 is 5.56 Å². The van der Waals surface area contributed by atoms with Crippen molar-refractivity contribution in [1.82, 2.24) is 19.2 Å². The molecule has 0 N–H and O–H groups in total. The van der Waals surface area contributed by atoms with Gasteiger partial charge in [-0.25, -0.2) is 4.68 Å². The Balaban J connectivity index is 1.54. The fourth-order valence-corrected chi connectivity index (χ4v) is 4.36. The van der Waals surface area contributed by atoms with Crippen LogP contribution in [0.3, 0.4) is 0 Å². The minimum atomic E-state index is -0.130. The first-order valence-corrected chi connectivity index (χ1v) is 10.6. The van der Waals surface area contributed by atoms with Crippen LogP contribution in [0.15, 0.2) is 47.4 Å². The van der Waals surface area contributed by atoms with E-state index in [0.717, 1.165) is 41.5 Å². The van der Waals surface area contributed by atoms with Crippen LogP contribution in [0.4, 0.5) is 0 Å². The number of para-hydroxylation sites is 1. The molecule has 2 aromatic heterocycles. The van der Waals surface area contributed by atoms with Crippen molar-refractivity contribution in [2.75, 3.05) is 6.54 Å². The van der Waals surface area contributed by atoms with Gasteiger partial charge in [-0.1, -0.05) is 39.0 Å². The molecule has 3 heterocycles. The lowest BCUT2D eigenvalue weighted by atomic mass is 9.92. The van der Waals surface area contributed by atoms with E-state index in [9.17, 15) is 9.59 Å². The first-order chi connectivity index (χ1) is 14.2. The van der Waals surface area contributed by atoms with Crippen molar-refractivity contribution in [3.63, 3.8) is 0 Å². The number of aryl methyl sites for hydroxylation is 1. The molecule has 0 spiro atoms. The van der Waals surface area contributed by atoms with E-state index < -0.39 is 0 Å². The molecule has 1 saturated heterocycles. The highest BCUT2D eigenvalue weighted by molar-refractivity contribution is 5.89. The van der Waals surface area contributed by atoms with E-state index in [2.05, 4.69) is 42.6 Å².